The van der Waals surface area contributed by atoms with E-state index in [1.807, 2.05) is 12.1 Å². The smallest absolute Gasteiger partial charge is 0.542 e. The van der Waals surface area contributed by atoms with Gasteiger partial charge in [-0.3, -0.25) is 4.79 Å². The Kier molecular flexibility index (Phi) is 7.64. The van der Waals surface area contributed by atoms with Crippen LogP contribution in [0.3, 0.4) is 0 Å². The van der Waals surface area contributed by atoms with Crippen LogP contribution in [0.4, 0.5) is 0 Å². The summed E-state index contributed by atoms with van der Waals surface area (Å²) in [7, 11) is 0. The first kappa shape index (κ1) is 20.4. The fraction of sp³-hybridized carbons (Fsp3) is 0.238. The molecule has 4 nitrogen and oxygen atoms in total. The quantitative estimate of drug-likeness (QED) is 0.444. The fourth-order valence-electron chi connectivity index (χ4n) is 2.94. The molecular weight excluding hydrogens is 339 g/mol. The van der Waals surface area contributed by atoms with Crippen LogP contribution in [0.2, 0.25) is 0 Å². The molecule has 128 valence electrons. The number of aryl methyl sites for hydroxylation is 2. The minimum Gasteiger partial charge on any atom is -0.542 e. The van der Waals surface area contributed by atoms with E-state index in [9.17, 15) is 14.7 Å². The van der Waals surface area contributed by atoms with Gasteiger partial charge in [0.05, 0.1) is 5.39 Å². The van der Waals surface area contributed by atoms with Crippen LogP contribution in [0.5, 0.6) is 0 Å². The first-order valence-corrected chi connectivity index (χ1v) is 8.45. The van der Waals surface area contributed by atoms with Crippen LogP contribution in [0.1, 0.15) is 40.9 Å². The normalized spacial score (nSPS) is 10.5. The third kappa shape index (κ3) is 5.31. The van der Waals surface area contributed by atoms with Crippen molar-refractivity contribution in [3.63, 3.8) is 0 Å². The molecule has 3 rings (SSSR count). The minimum absolute atomic E-state index is 0. The van der Waals surface area contributed by atoms with E-state index in [2.05, 4.69) is 24.3 Å². The van der Waals surface area contributed by atoms with Crippen LogP contribution in [0.25, 0.3) is 11.0 Å². The topological polar surface area (TPSA) is 70.3 Å². The van der Waals surface area contributed by atoms with Crippen molar-refractivity contribution in [2.24, 2.45) is 0 Å². The van der Waals surface area contributed by atoms with Crippen LogP contribution in [-0.4, -0.2) is 5.97 Å². The van der Waals surface area contributed by atoms with Gasteiger partial charge in [-0.15, -0.1) is 0 Å². The molecule has 0 fully saturated rings. The van der Waals surface area contributed by atoms with E-state index in [0.29, 0.717) is 5.39 Å². The Morgan fingerprint density at radius 1 is 0.885 bits per heavy atom. The van der Waals surface area contributed by atoms with E-state index in [4.69, 9.17) is 4.42 Å². The third-order valence-electron chi connectivity index (χ3n) is 4.27. The molecule has 1 heterocycles. The van der Waals surface area contributed by atoms with Crippen LogP contribution in [0, 0.1) is 0 Å². The van der Waals surface area contributed by atoms with Crippen LogP contribution in [-0.2, 0) is 12.8 Å². The van der Waals surface area contributed by atoms with Gasteiger partial charge in [0.2, 0.25) is 0 Å². The number of carbonyl (C=O) groups excluding carboxylic acids is 1. The Morgan fingerprint density at radius 2 is 1.58 bits per heavy atom. The van der Waals surface area contributed by atoms with E-state index in [1.54, 1.807) is 12.1 Å². The molecule has 0 atom stereocenters. The Balaban J connectivity index is 0.00000243. The monoisotopic (exact) mass is 358 g/mol. The van der Waals surface area contributed by atoms with Crippen molar-refractivity contribution in [3.8, 4) is 0 Å². The second-order valence-electron chi connectivity index (χ2n) is 6.14. The number of carboxylic acids is 1. The van der Waals surface area contributed by atoms with Gasteiger partial charge >= 0.3 is 29.6 Å². The van der Waals surface area contributed by atoms with Crippen LogP contribution in [0.15, 0.2) is 63.8 Å². The maximum absolute atomic E-state index is 12.0. The number of rotatable bonds is 7. The summed E-state index contributed by atoms with van der Waals surface area (Å²) in [6.07, 6.45) is 5.25. The van der Waals surface area contributed by atoms with Gasteiger partial charge in [0.1, 0.15) is 11.6 Å². The van der Waals surface area contributed by atoms with Crippen LogP contribution >= 0.6 is 0 Å². The molecule has 2 aromatic carbocycles. The molecule has 0 aliphatic heterocycles. The Morgan fingerprint density at radius 3 is 2.27 bits per heavy atom. The van der Waals surface area contributed by atoms with Crippen molar-refractivity contribution in [1.29, 1.82) is 0 Å². The summed E-state index contributed by atoms with van der Waals surface area (Å²) in [6, 6.07) is 16.7. The molecule has 3 aromatic rings. The molecule has 0 radical (unpaired) electrons. The van der Waals surface area contributed by atoms with Gasteiger partial charge < -0.3 is 14.3 Å². The first-order valence-electron chi connectivity index (χ1n) is 8.45. The van der Waals surface area contributed by atoms with Crippen LogP contribution < -0.4 is 40.1 Å². The molecular formula is C21H19NaO4. The largest absolute Gasteiger partial charge is 1.00 e. The van der Waals surface area contributed by atoms with E-state index in [-0.39, 0.29) is 40.6 Å². The number of carboxylic acid groups (broad SMARTS) is 1. The molecule has 0 aliphatic rings. The molecule has 0 bridgehead atoms. The number of fused-ring (bicyclic) bond motifs is 1. The van der Waals surface area contributed by atoms with Gasteiger partial charge in [-0.05, 0) is 48.9 Å². The molecule has 5 heteroatoms. The molecule has 26 heavy (non-hydrogen) atoms. The number of aromatic carboxylic acids is 1. The van der Waals surface area contributed by atoms with Gasteiger partial charge in [0.25, 0.3) is 0 Å². The number of unbranched alkanes of at least 4 members (excludes halogenated alkanes) is 2. The summed E-state index contributed by atoms with van der Waals surface area (Å²) >= 11 is 0. The maximum Gasteiger partial charge on any atom is 1.00 e. The number of hydrogen-bond acceptors (Lipinski definition) is 4. The summed E-state index contributed by atoms with van der Waals surface area (Å²) in [5.74, 6) is -1.92. The predicted octanol–water partition coefficient (Wildman–Crippen LogP) is 0.116. The summed E-state index contributed by atoms with van der Waals surface area (Å²) in [5, 5.41) is 11.2. The molecule has 0 saturated carbocycles. The molecule has 0 spiro atoms. The maximum atomic E-state index is 12.0. The number of hydrogen-bond donors (Lipinski definition) is 0. The zero-order valence-electron chi connectivity index (χ0n) is 14.9. The summed E-state index contributed by atoms with van der Waals surface area (Å²) in [5.41, 5.74) is 2.33. The van der Waals surface area contributed by atoms with Gasteiger partial charge in [-0.2, -0.15) is 0 Å². The summed E-state index contributed by atoms with van der Waals surface area (Å²) in [4.78, 5) is 22.9. The van der Waals surface area contributed by atoms with E-state index < -0.39 is 11.7 Å². The molecule has 0 N–H and O–H groups in total. The predicted molar refractivity (Wildman–Crippen MR) is 94.5 cm³/mol. The van der Waals surface area contributed by atoms with Crippen molar-refractivity contribution in [2.75, 3.05) is 0 Å². The Bertz CT molecular complexity index is 932. The second kappa shape index (κ2) is 9.72. The van der Waals surface area contributed by atoms with Crippen molar-refractivity contribution < 1.29 is 43.9 Å². The van der Waals surface area contributed by atoms with E-state index in [0.717, 1.165) is 43.7 Å². The molecule has 0 unspecified atom stereocenters. The van der Waals surface area contributed by atoms with Crippen molar-refractivity contribution in [2.45, 2.75) is 32.1 Å². The first-order chi connectivity index (χ1) is 12.1. The zero-order valence-corrected chi connectivity index (χ0v) is 16.9. The van der Waals surface area contributed by atoms with Gasteiger partial charge in [-0.25, -0.2) is 0 Å². The van der Waals surface area contributed by atoms with Gasteiger partial charge in [0, 0.05) is 6.07 Å². The van der Waals surface area contributed by atoms with Gasteiger partial charge in [0.15, 0.2) is 11.2 Å². The zero-order chi connectivity index (χ0) is 17.6. The molecule has 0 saturated heterocycles. The van der Waals surface area contributed by atoms with E-state index >= 15 is 0 Å². The second-order valence-corrected chi connectivity index (χ2v) is 6.14. The standard InChI is InChI=1S/C21H20O4.Na/c22-18-14-20(21(23)24)25-19-12-11-16(13-17(18)19)10-6-2-5-9-15-7-3-1-4-8-15;/h1,3-4,7-8,11-14H,2,5-6,9-10H2,(H,23,24);/q;+1/p-1. The SMILES string of the molecule is O=C([O-])c1cc(=O)c2cc(CCCCCc3ccccc3)ccc2o1.[Na+]. The third-order valence-corrected chi connectivity index (χ3v) is 4.27. The van der Waals surface area contributed by atoms with E-state index in [1.165, 1.54) is 5.56 Å². The Labute approximate surface area is 174 Å². The average Bonchev–Trinajstić information content (AvgIpc) is 2.62. The van der Waals surface area contributed by atoms with Gasteiger partial charge in [-0.1, -0.05) is 42.8 Å². The van der Waals surface area contributed by atoms with Crippen molar-refractivity contribution in [1.82, 2.24) is 0 Å². The fourth-order valence-corrected chi connectivity index (χ4v) is 2.94. The Hall–Kier alpha value is -1.88. The van der Waals surface area contributed by atoms with Crippen molar-refractivity contribution >= 4 is 16.9 Å². The summed E-state index contributed by atoms with van der Waals surface area (Å²) < 4.78 is 5.19. The minimum atomic E-state index is -1.48. The number of carbonyl (C=O) groups is 1. The molecule has 0 amide bonds. The van der Waals surface area contributed by atoms with Crippen molar-refractivity contribution in [3.05, 3.63) is 81.7 Å². The molecule has 0 aliphatic carbocycles. The molecule has 1 aromatic heterocycles. The number of benzene rings is 2. The average molecular weight is 358 g/mol. The summed E-state index contributed by atoms with van der Waals surface area (Å²) in [6.45, 7) is 0.